The van der Waals surface area contributed by atoms with Crippen LogP contribution in [-0.2, 0) is 6.42 Å². The van der Waals surface area contributed by atoms with Gasteiger partial charge in [0.2, 0.25) is 0 Å². The lowest BCUT2D eigenvalue weighted by Gasteiger charge is -1.92. The molecule has 62 valence electrons. The lowest BCUT2D eigenvalue weighted by Crippen LogP contribution is -1.82. The van der Waals surface area contributed by atoms with E-state index >= 15 is 0 Å². The lowest BCUT2D eigenvalue weighted by atomic mass is 10.1. The maximum absolute atomic E-state index is 4.01. The Labute approximate surface area is 72.0 Å². The van der Waals surface area contributed by atoms with Crippen molar-refractivity contribution in [1.82, 2.24) is 10.2 Å². The van der Waals surface area contributed by atoms with Gasteiger partial charge in [-0.2, -0.15) is 5.10 Å². The fraction of sp³-hybridized carbons (Fsp3) is 0.300. The van der Waals surface area contributed by atoms with Crippen LogP contribution in [-0.4, -0.2) is 10.2 Å². The van der Waals surface area contributed by atoms with E-state index in [0.717, 1.165) is 12.8 Å². The molecule has 12 heavy (non-hydrogen) atoms. The molecule has 1 N–H and O–H groups in total. The van der Waals surface area contributed by atoms with Crippen molar-refractivity contribution in [2.24, 2.45) is 0 Å². The Bertz CT molecular complexity index is 331. The van der Waals surface area contributed by atoms with Gasteiger partial charge in [-0.15, -0.1) is 0 Å². The molecule has 2 rings (SSSR count). The SMILES string of the molecule is CCC1=Cc2cn[nH]c2CC=C1. The van der Waals surface area contributed by atoms with E-state index in [1.807, 2.05) is 6.20 Å². The highest BCUT2D eigenvalue weighted by molar-refractivity contribution is 5.58. The van der Waals surface area contributed by atoms with Gasteiger partial charge >= 0.3 is 0 Å². The Morgan fingerprint density at radius 3 is 3.33 bits per heavy atom. The predicted octanol–water partition coefficient (Wildman–Crippen LogP) is 2.32. The van der Waals surface area contributed by atoms with Crippen molar-refractivity contribution in [3.63, 3.8) is 0 Å². The van der Waals surface area contributed by atoms with E-state index in [1.165, 1.54) is 16.8 Å². The molecule has 1 heterocycles. The molecular formula is C10H12N2. The molecular weight excluding hydrogens is 148 g/mol. The van der Waals surface area contributed by atoms with Crippen LogP contribution in [0.2, 0.25) is 0 Å². The maximum atomic E-state index is 4.01. The van der Waals surface area contributed by atoms with Gasteiger partial charge in [-0.05, 0) is 18.1 Å². The first-order valence-corrected chi connectivity index (χ1v) is 4.29. The molecule has 0 radical (unpaired) electrons. The van der Waals surface area contributed by atoms with Crippen molar-refractivity contribution >= 4 is 6.08 Å². The van der Waals surface area contributed by atoms with Gasteiger partial charge in [0.1, 0.15) is 0 Å². The van der Waals surface area contributed by atoms with Gasteiger partial charge in [0.05, 0.1) is 6.20 Å². The van der Waals surface area contributed by atoms with Crippen LogP contribution in [0.3, 0.4) is 0 Å². The quantitative estimate of drug-likeness (QED) is 0.671. The number of hydrogen-bond donors (Lipinski definition) is 1. The number of fused-ring (bicyclic) bond motifs is 1. The topological polar surface area (TPSA) is 28.7 Å². The van der Waals surface area contributed by atoms with Gasteiger partial charge in [-0.1, -0.05) is 19.1 Å². The largest absolute Gasteiger partial charge is 0.282 e. The molecule has 0 aromatic carbocycles. The van der Waals surface area contributed by atoms with Crippen LogP contribution in [0.15, 0.2) is 23.9 Å². The summed E-state index contributed by atoms with van der Waals surface area (Å²) in [5.41, 5.74) is 3.82. The summed E-state index contributed by atoms with van der Waals surface area (Å²) in [6.45, 7) is 2.17. The van der Waals surface area contributed by atoms with Gasteiger partial charge < -0.3 is 0 Å². The molecule has 2 heteroatoms. The molecule has 2 nitrogen and oxygen atoms in total. The van der Waals surface area contributed by atoms with Crippen LogP contribution < -0.4 is 0 Å². The molecule has 1 aliphatic rings. The first-order chi connectivity index (χ1) is 5.90. The zero-order valence-electron chi connectivity index (χ0n) is 7.17. The lowest BCUT2D eigenvalue weighted by molar-refractivity contribution is 1.01. The Hall–Kier alpha value is -1.31. The normalized spacial score (nSPS) is 15.2. The Morgan fingerprint density at radius 1 is 1.58 bits per heavy atom. The second-order valence-corrected chi connectivity index (χ2v) is 2.98. The fourth-order valence-corrected chi connectivity index (χ4v) is 1.41. The van der Waals surface area contributed by atoms with E-state index in [4.69, 9.17) is 0 Å². The standard InChI is InChI=1S/C10H12N2/c1-2-8-4-3-5-10-9(6-8)7-11-12-10/h3-4,6-7H,2,5H2,1H3,(H,11,12). The van der Waals surface area contributed by atoms with Crippen molar-refractivity contribution < 1.29 is 0 Å². The van der Waals surface area contributed by atoms with Gasteiger partial charge in [-0.3, -0.25) is 5.10 Å². The number of nitrogens with one attached hydrogen (secondary N) is 1. The number of H-pyrrole nitrogens is 1. The summed E-state index contributed by atoms with van der Waals surface area (Å²) < 4.78 is 0. The second-order valence-electron chi connectivity index (χ2n) is 2.98. The summed E-state index contributed by atoms with van der Waals surface area (Å²) in [4.78, 5) is 0. The summed E-state index contributed by atoms with van der Waals surface area (Å²) >= 11 is 0. The number of aromatic amines is 1. The third kappa shape index (κ3) is 1.20. The van der Waals surface area contributed by atoms with Crippen molar-refractivity contribution in [2.75, 3.05) is 0 Å². The third-order valence-corrected chi connectivity index (χ3v) is 2.15. The van der Waals surface area contributed by atoms with Crippen LogP contribution in [0.4, 0.5) is 0 Å². The van der Waals surface area contributed by atoms with Crippen LogP contribution >= 0.6 is 0 Å². The highest BCUT2D eigenvalue weighted by Crippen LogP contribution is 2.17. The summed E-state index contributed by atoms with van der Waals surface area (Å²) in [6.07, 6.45) is 10.5. The molecule has 0 aliphatic heterocycles. The molecule has 0 fully saturated rings. The van der Waals surface area contributed by atoms with Gasteiger partial charge in [-0.25, -0.2) is 0 Å². The minimum absolute atomic E-state index is 0.968. The molecule has 0 amide bonds. The maximum Gasteiger partial charge on any atom is 0.0562 e. The summed E-state index contributed by atoms with van der Waals surface area (Å²) in [6, 6.07) is 0. The van der Waals surface area contributed by atoms with E-state index in [-0.39, 0.29) is 0 Å². The average Bonchev–Trinajstić information content (AvgIpc) is 2.43. The van der Waals surface area contributed by atoms with E-state index in [2.05, 4.69) is 35.3 Å². The third-order valence-electron chi connectivity index (χ3n) is 2.15. The number of allylic oxidation sites excluding steroid dienone is 3. The number of hydrogen-bond acceptors (Lipinski definition) is 1. The van der Waals surface area contributed by atoms with Crippen LogP contribution in [0.5, 0.6) is 0 Å². The minimum Gasteiger partial charge on any atom is -0.282 e. The second kappa shape index (κ2) is 2.97. The summed E-state index contributed by atoms with van der Waals surface area (Å²) in [5.74, 6) is 0. The van der Waals surface area contributed by atoms with Crippen LogP contribution in [0, 0.1) is 0 Å². The van der Waals surface area contributed by atoms with E-state index < -0.39 is 0 Å². The van der Waals surface area contributed by atoms with E-state index in [1.54, 1.807) is 0 Å². The highest BCUT2D eigenvalue weighted by atomic mass is 15.1. The molecule has 0 spiro atoms. The minimum atomic E-state index is 0.968. The van der Waals surface area contributed by atoms with Crippen LogP contribution in [0.25, 0.3) is 6.08 Å². The van der Waals surface area contributed by atoms with Gasteiger partial charge in [0, 0.05) is 17.7 Å². The molecule has 0 unspecified atom stereocenters. The molecule has 0 saturated heterocycles. The smallest absolute Gasteiger partial charge is 0.0562 e. The average molecular weight is 160 g/mol. The molecule has 0 saturated carbocycles. The molecule has 1 aliphatic carbocycles. The van der Waals surface area contributed by atoms with E-state index in [9.17, 15) is 0 Å². The first kappa shape index (κ1) is 7.35. The number of aromatic nitrogens is 2. The predicted molar refractivity (Wildman–Crippen MR) is 49.7 cm³/mol. The highest BCUT2D eigenvalue weighted by Gasteiger charge is 2.04. The Balaban J connectivity index is 2.43. The van der Waals surface area contributed by atoms with Gasteiger partial charge in [0.15, 0.2) is 0 Å². The van der Waals surface area contributed by atoms with Crippen molar-refractivity contribution in [3.8, 4) is 0 Å². The molecule has 1 aromatic heterocycles. The summed E-state index contributed by atoms with van der Waals surface area (Å²) in [5, 5.41) is 7.01. The Kier molecular flexibility index (Phi) is 1.82. The Morgan fingerprint density at radius 2 is 2.50 bits per heavy atom. The number of rotatable bonds is 1. The van der Waals surface area contributed by atoms with E-state index in [0.29, 0.717) is 0 Å². The van der Waals surface area contributed by atoms with Crippen molar-refractivity contribution in [2.45, 2.75) is 19.8 Å². The molecule has 0 atom stereocenters. The summed E-state index contributed by atoms with van der Waals surface area (Å²) in [7, 11) is 0. The molecule has 1 aromatic rings. The van der Waals surface area contributed by atoms with Crippen molar-refractivity contribution in [3.05, 3.63) is 35.2 Å². The zero-order chi connectivity index (χ0) is 8.39. The van der Waals surface area contributed by atoms with Gasteiger partial charge in [0.25, 0.3) is 0 Å². The molecule has 0 bridgehead atoms. The van der Waals surface area contributed by atoms with Crippen molar-refractivity contribution in [1.29, 1.82) is 0 Å². The monoisotopic (exact) mass is 160 g/mol. The number of nitrogens with zero attached hydrogens (tertiary/aromatic N) is 1. The zero-order valence-corrected chi connectivity index (χ0v) is 7.17. The fourth-order valence-electron chi connectivity index (χ4n) is 1.41. The first-order valence-electron chi connectivity index (χ1n) is 4.29. The van der Waals surface area contributed by atoms with Crippen LogP contribution in [0.1, 0.15) is 24.6 Å².